The van der Waals surface area contributed by atoms with E-state index < -0.39 is 0 Å². The van der Waals surface area contributed by atoms with Crippen LogP contribution in [0, 0.1) is 6.92 Å². The molecule has 0 unspecified atom stereocenters. The van der Waals surface area contributed by atoms with Crippen LogP contribution in [0.1, 0.15) is 53.3 Å². The van der Waals surface area contributed by atoms with Gasteiger partial charge in [0.25, 0.3) is 5.91 Å². The minimum absolute atomic E-state index is 0.0154. The number of likely N-dealkylation sites (tertiary alicyclic amines) is 1. The van der Waals surface area contributed by atoms with E-state index in [0.29, 0.717) is 30.8 Å². The van der Waals surface area contributed by atoms with Gasteiger partial charge < -0.3 is 19.0 Å². The fraction of sp³-hybridized carbons (Fsp3) is 0.478. The second kappa shape index (κ2) is 7.58. The SMILES string of the molecule is Cc1occc1C(=O)N1CCC2(CC1)C[C@H](CC(=O)N(C)C)c1ccccc1O2. The second-order valence-corrected chi connectivity index (χ2v) is 8.40. The fourth-order valence-corrected chi connectivity index (χ4v) is 4.52. The summed E-state index contributed by atoms with van der Waals surface area (Å²) in [5.74, 6) is 1.81. The third-order valence-corrected chi connectivity index (χ3v) is 6.27. The number of hydrogen-bond donors (Lipinski definition) is 0. The van der Waals surface area contributed by atoms with Crippen molar-refractivity contribution >= 4 is 11.8 Å². The smallest absolute Gasteiger partial charge is 0.257 e. The highest BCUT2D eigenvalue weighted by Gasteiger charge is 2.44. The zero-order valence-electron chi connectivity index (χ0n) is 17.3. The Morgan fingerprint density at radius 2 is 1.90 bits per heavy atom. The van der Waals surface area contributed by atoms with Crippen LogP contribution in [0.15, 0.2) is 41.0 Å². The lowest BCUT2D eigenvalue weighted by Gasteiger charge is -2.47. The van der Waals surface area contributed by atoms with Gasteiger partial charge in [0.1, 0.15) is 17.1 Å². The third-order valence-electron chi connectivity index (χ3n) is 6.27. The van der Waals surface area contributed by atoms with E-state index in [1.807, 2.05) is 30.0 Å². The quantitative estimate of drug-likeness (QED) is 0.795. The Morgan fingerprint density at radius 1 is 1.17 bits per heavy atom. The van der Waals surface area contributed by atoms with Crippen LogP contribution in [0.4, 0.5) is 0 Å². The van der Waals surface area contributed by atoms with Gasteiger partial charge >= 0.3 is 0 Å². The molecule has 1 spiro atoms. The average molecular weight is 396 g/mol. The molecule has 0 radical (unpaired) electrons. The first-order valence-corrected chi connectivity index (χ1v) is 10.2. The average Bonchev–Trinajstić information content (AvgIpc) is 3.14. The molecule has 154 valence electrons. The van der Waals surface area contributed by atoms with Gasteiger partial charge in [-0.2, -0.15) is 0 Å². The van der Waals surface area contributed by atoms with Crippen LogP contribution in [-0.2, 0) is 4.79 Å². The fourth-order valence-electron chi connectivity index (χ4n) is 4.52. The predicted octanol–water partition coefficient (Wildman–Crippen LogP) is 3.61. The number of amides is 2. The van der Waals surface area contributed by atoms with Crippen molar-refractivity contribution in [2.45, 2.75) is 44.1 Å². The molecule has 0 saturated carbocycles. The zero-order chi connectivity index (χ0) is 20.6. The molecule has 6 nitrogen and oxygen atoms in total. The summed E-state index contributed by atoms with van der Waals surface area (Å²) in [5, 5.41) is 0. The standard InChI is InChI=1S/C23H28N2O4/c1-16-18(8-13-28-16)22(27)25-11-9-23(10-12-25)15-17(14-21(26)24(2)3)19-6-4-5-7-20(19)29-23/h4-8,13,17H,9-12,14-15H2,1-3H3/t17-/m0/s1. The molecule has 0 N–H and O–H groups in total. The molecule has 1 saturated heterocycles. The van der Waals surface area contributed by atoms with E-state index in [1.165, 1.54) is 0 Å². The summed E-state index contributed by atoms with van der Waals surface area (Å²) >= 11 is 0. The highest BCUT2D eigenvalue weighted by atomic mass is 16.5. The molecule has 2 amide bonds. The molecule has 3 heterocycles. The van der Waals surface area contributed by atoms with Crippen LogP contribution in [0.25, 0.3) is 0 Å². The molecule has 0 aliphatic carbocycles. The van der Waals surface area contributed by atoms with E-state index in [4.69, 9.17) is 9.15 Å². The van der Waals surface area contributed by atoms with Gasteiger partial charge in [0.05, 0.1) is 11.8 Å². The van der Waals surface area contributed by atoms with E-state index in [0.717, 1.165) is 30.6 Å². The van der Waals surface area contributed by atoms with E-state index in [1.54, 1.807) is 31.3 Å². The first-order valence-electron chi connectivity index (χ1n) is 10.2. The number of ether oxygens (including phenoxy) is 1. The first kappa shape index (κ1) is 19.6. The van der Waals surface area contributed by atoms with Crippen LogP contribution in [0.2, 0.25) is 0 Å². The minimum Gasteiger partial charge on any atom is -0.487 e. The summed E-state index contributed by atoms with van der Waals surface area (Å²) in [5.41, 5.74) is 1.42. The van der Waals surface area contributed by atoms with Crippen molar-refractivity contribution < 1.29 is 18.7 Å². The van der Waals surface area contributed by atoms with Crippen LogP contribution < -0.4 is 4.74 Å². The van der Waals surface area contributed by atoms with Crippen LogP contribution >= 0.6 is 0 Å². The number of aryl methyl sites for hydroxylation is 1. The van der Waals surface area contributed by atoms with Crippen molar-refractivity contribution in [2.24, 2.45) is 0 Å². The number of nitrogens with zero attached hydrogens (tertiary/aromatic N) is 2. The van der Waals surface area contributed by atoms with Crippen molar-refractivity contribution in [3.8, 4) is 5.75 Å². The second-order valence-electron chi connectivity index (χ2n) is 8.40. The van der Waals surface area contributed by atoms with Gasteiger partial charge in [-0.3, -0.25) is 9.59 Å². The molecule has 0 bridgehead atoms. The van der Waals surface area contributed by atoms with Crippen molar-refractivity contribution in [3.05, 3.63) is 53.5 Å². The van der Waals surface area contributed by atoms with Crippen molar-refractivity contribution in [3.63, 3.8) is 0 Å². The summed E-state index contributed by atoms with van der Waals surface area (Å²) in [6.45, 7) is 3.09. The molecule has 29 heavy (non-hydrogen) atoms. The molecule has 4 rings (SSSR count). The maximum atomic E-state index is 12.8. The molecule has 1 atom stereocenters. The lowest BCUT2D eigenvalue weighted by molar-refractivity contribution is -0.129. The van der Waals surface area contributed by atoms with E-state index in [2.05, 4.69) is 6.07 Å². The molecule has 1 fully saturated rings. The lowest BCUT2D eigenvalue weighted by atomic mass is 9.76. The molecule has 2 aromatic rings. The van der Waals surface area contributed by atoms with Gasteiger partial charge in [0.15, 0.2) is 0 Å². The predicted molar refractivity (Wildman–Crippen MR) is 109 cm³/mol. The molecule has 2 aliphatic heterocycles. The number of piperidine rings is 1. The first-order chi connectivity index (χ1) is 13.9. The Labute approximate surface area is 171 Å². The van der Waals surface area contributed by atoms with Crippen molar-refractivity contribution in [1.82, 2.24) is 9.80 Å². The maximum absolute atomic E-state index is 12.8. The summed E-state index contributed by atoms with van der Waals surface area (Å²) < 4.78 is 11.8. The lowest BCUT2D eigenvalue weighted by Crippen LogP contribution is -2.52. The highest BCUT2D eigenvalue weighted by Crippen LogP contribution is 2.46. The van der Waals surface area contributed by atoms with Crippen LogP contribution in [0.5, 0.6) is 5.75 Å². The van der Waals surface area contributed by atoms with Gasteiger partial charge in [0, 0.05) is 52.4 Å². The normalized spacial score (nSPS) is 20.1. The summed E-state index contributed by atoms with van der Waals surface area (Å²) in [6.07, 6.45) is 4.36. The summed E-state index contributed by atoms with van der Waals surface area (Å²) in [7, 11) is 3.59. The Hall–Kier alpha value is -2.76. The number of carbonyl (C=O) groups is 2. The van der Waals surface area contributed by atoms with Gasteiger partial charge in [-0.05, 0) is 31.0 Å². The summed E-state index contributed by atoms with van der Waals surface area (Å²) in [6, 6.07) is 9.77. The molecule has 6 heteroatoms. The molecule has 2 aliphatic rings. The summed E-state index contributed by atoms with van der Waals surface area (Å²) in [4.78, 5) is 28.8. The minimum atomic E-state index is -0.326. The van der Waals surface area contributed by atoms with Crippen LogP contribution in [-0.4, -0.2) is 54.4 Å². The van der Waals surface area contributed by atoms with Crippen LogP contribution in [0.3, 0.4) is 0 Å². The number of hydrogen-bond acceptors (Lipinski definition) is 4. The Balaban J connectivity index is 1.51. The molecular weight excluding hydrogens is 368 g/mol. The highest BCUT2D eigenvalue weighted by molar-refractivity contribution is 5.95. The number of benzene rings is 1. The molecule has 1 aromatic heterocycles. The van der Waals surface area contributed by atoms with E-state index in [-0.39, 0.29) is 23.3 Å². The number of rotatable bonds is 3. The van der Waals surface area contributed by atoms with Gasteiger partial charge in [-0.25, -0.2) is 0 Å². The Morgan fingerprint density at radius 3 is 2.55 bits per heavy atom. The molecule has 1 aromatic carbocycles. The topological polar surface area (TPSA) is 63.0 Å². The number of fused-ring (bicyclic) bond motifs is 1. The van der Waals surface area contributed by atoms with Gasteiger partial charge in [0.2, 0.25) is 5.91 Å². The number of para-hydroxylation sites is 1. The van der Waals surface area contributed by atoms with Gasteiger partial charge in [-0.15, -0.1) is 0 Å². The Bertz CT molecular complexity index is 909. The maximum Gasteiger partial charge on any atom is 0.257 e. The molecular formula is C23H28N2O4. The van der Waals surface area contributed by atoms with Crippen molar-refractivity contribution in [1.29, 1.82) is 0 Å². The van der Waals surface area contributed by atoms with Gasteiger partial charge in [-0.1, -0.05) is 18.2 Å². The largest absolute Gasteiger partial charge is 0.487 e. The van der Waals surface area contributed by atoms with Crippen molar-refractivity contribution in [2.75, 3.05) is 27.2 Å². The zero-order valence-corrected chi connectivity index (χ0v) is 17.3. The Kier molecular flexibility index (Phi) is 5.11. The van der Waals surface area contributed by atoms with E-state index >= 15 is 0 Å². The number of carbonyl (C=O) groups excluding carboxylic acids is 2. The number of furan rings is 1. The third kappa shape index (κ3) is 3.76. The van der Waals surface area contributed by atoms with E-state index in [9.17, 15) is 9.59 Å². The monoisotopic (exact) mass is 396 g/mol.